The van der Waals surface area contributed by atoms with E-state index in [1.54, 1.807) is 24.3 Å². The molecular formula is C20H21F3N2O3. The van der Waals surface area contributed by atoms with Gasteiger partial charge in [0.15, 0.2) is 0 Å². The van der Waals surface area contributed by atoms with Crippen LogP contribution in [-0.4, -0.2) is 43.7 Å². The Labute approximate surface area is 161 Å². The standard InChI is InChI=1S/C20H21F3N2O3/c1-25(12-15-5-9-17(10-6-15)19(27)28-2)11-14-3-7-16(8-4-14)18(26)24-13-20(21,22)23/h3-10H,11-13H2,1-2H3,(H,24,26). The summed E-state index contributed by atoms with van der Waals surface area (Å²) in [6, 6.07) is 13.5. The van der Waals surface area contributed by atoms with Gasteiger partial charge in [-0.05, 0) is 42.4 Å². The molecule has 2 rings (SSSR count). The number of hydrogen-bond donors (Lipinski definition) is 1. The Bertz CT molecular complexity index is 803. The molecule has 0 spiro atoms. The summed E-state index contributed by atoms with van der Waals surface area (Å²) in [5.74, 6) is -1.15. The highest BCUT2D eigenvalue weighted by atomic mass is 19.4. The minimum Gasteiger partial charge on any atom is -0.465 e. The number of ether oxygens (including phenoxy) is 1. The van der Waals surface area contributed by atoms with Gasteiger partial charge in [-0.3, -0.25) is 9.69 Å². The predicted octanol–water partition coefficient (Wildman–Crippen LogP) is 3.40. The van der Waals surface area contributed by atoms with Crippen LogP contribution in [0.25, 0.3) is 0 Å². The van der Waals surface area contributed by atoms with Crippen LogP contribution in [0.5, 0.6) is 0 Å². The Morgan fingerprint density at radius 1 is 0.929 bits per heavy atom. The number of benzene rings is 2. The number of hydrogen-bond acceptors (Lipinski definition) is 4. The van der Waals surface area contributed by atoms with E-state index in [-0.39, 0.29) is 11.5 Å². The van der Waals surface area contributed by atoms with Gasteiger partial charge in [0.2, 0.25) is 0 Å². The number of methoxy groups -OCH3 is 1. The molecule has 0 bridgehead atoms. The molecule has 0 unspecified atom stereocenters. The van der Waals surface area contributed by atoms with E-state index in [9.17, 15) is 22.8 Å². The van der Waals surface area contributed by atoms with Gasteiger partial charge in [-0.15, -0.1) is 0 Å². The van der Waals surface area contributed by atoms with Crippen LogP contribution in [0.3, 0.4) is 0 Å². The molecule has 0 aliphatic rings. The molecule has 5 nitrogen and oxygen atoms in total. The molecular weight excluding hydrogens is 373 g/mol. The second kappa shape index (κ2) is 9.36. The van der Waals surface area contributed by atoms with Crippen LogP contribution in [0.1, 0.15) is 31.8 Å². The van der Waals surface area contributed by atoms with Crippen LogP contribution in [0, 0.1) is 0 Å². The van der Waals surface area contributed by atoms with Crippen LogP contribution >= 0.6 is 0 Å². The van der Waals surface area contributed by atoms with Gasteiger partial charge in [-0.2, -0.15) is 13.2 Å². The Kier molecular flexibility index (Phi) is 7.17. The number of alkyl halides is 3. The van der Waals surface area contributed by atoms with Crippen molar-refractivity contribution in [1.82, 2.24) is 10.2 Å². The van der Waals surface area contributed by atoms with Gasteiger partial charge in [-0.1, -0.05) is 24.3 Å². The number of carbonyl (C=O) groups excluding carboxylic acids is 2. The lowest BCUT2D eigenvalue weighted by atomic mass is 10.1. The number of carbonyl (C=O) groups is 2. The third kappa shape index (κ3) is 6.70. The average Bonchev–Trinajstić information content (AvgIpc) is 2.66. The third-order valence-corrected chi connectivity index (χ3v) is 3.95. The summed E-state index contributed by atoms with van der Waals surface area (Å²) in [7, 11) is 3.24. The molecule has 0 aromatic heterocycles. The second-order valence-electron chi connectivity index (χ2n) is 6.36. The molecule has 0 saturated heterocycles. The zero-order chi connectivity index (χ0) is 20.7. The number of nitrogens with one attached hydrogen (secondary N) is 1. The Hall–Kier alpha value is -2.87. The summed E-state index contributed by atoms with van der Waals surface area (Å²) >= 11 is 0. The van der Waals surface area contributed by atoms with E-state index in [4.69, 9.17) is 0 Å². The molecule has 0 radical (unpaired) electrons. The molecule has 1 N–H and O–H groups in total. The number of esters is 1. The molecule has 0 fully saturated rings. The number of amides is 1. The van der Waals surface area contributed by atoms with Crippen molar-refractivity contribution >= 4 is 11.9 Å². The van der Waals surface area contributed by atoms with E-state index in [0.717, 1.165) is 11.1 Å². The predicted molar refractivity (Wildman–Crippen MR) is 97.8 cm³/mol. The number of nitrogens with zero attached hydrogens (tertiary/aromatic N) is 1. The second-order valence-corrected chi connectivity index (χ2v) is 6.36. The summed E-state index contributed by atoms with van der Waals surface area (Å²) in [6.45, 7) is -0.135. The van der Waals surface area contributed by atoms with Crippen molar-refractivity contribution in [2.24, 2.45) is 0 Å². The van der Waals surface area contributed by atoms with E-state index < -0.39 is 18.6 Å². The highest BCUT2D eigenvalue weighted by Crippen LogP contribution is 2.14. The van der Waals surface area contributed by atoms with Crippen molar-refractivity contribution in [3.63, 3.8) is 0 Å². The van der Waals surface area contributed by atoms with E-state index in [1.807, 2.05) is 29.4 Å². The Morgan fingerprint density at radius 2 is 1.39 bits per heavy atom. The number of halogens is 3. The van der Waals surface area contributed by atoms with Crippen molar-refractivity contribution < 1.29 is 27.5 Å². The molecule has 2 aromatic carbocycles. The molecule has 0 heterocycles. The SMILES string of the molecule is COC(=O)c1ccc(CN(C)Cc2ccc(C(=O)NCC(F)(F)F)cc2)cc1. The summed E-state index contributed by atoms with van der Waals surface area (Å²) in [5, 5.41) is 1.84. The quantitative estimate of drug-likeness (QED) is 0.732. The molecule has 0 aliphatic heterocycles. The van der Waals surface area contributed by atoms with E-state index in [1.165, 1.54) is 19.2 Å². The molecule has 0 saturated carbocycles. The first kappa shape index (κ1) is 21.4. The molecule has 1 amide bonds. The highest BCUT2D eigenvalue weighted by Gasteiger charge is 2.27. The van der Waals surface area contributed by atoms with E-state index in [0.29, 0.717) is 18.7 Å². The van der Waals surface area contributed by atoms with Gasteiger partial charge >= 0.3 is 12.1 Å². The minimum absolute atomic E-state index is 0.175. The van der Waals surface area contributed by atoms with Crippen LogP contribution in [-0.2, 0) is 17.8 Å². The first-order chi connectivity index (χ1) is 13.2. The maximum absolute atomic E-state index is 12.2. The lowest BCUT2D eigenvalue weighted by Crippen LogP contribution is -2.33. The van der Waals surface area contributed by atoms with Crippen molar-refractivity contribution in [3.8, 4) is 0 Å². The fourth-order valence-corrected chi connectivity index (χ4v) is 2.59. The van der Waals surface area contributed by atoms with Crippen molar-refractivity contribution in [2.45, 2.75) is 19.3 Å². The van der Waals surface area contributed by atoms with Crippen LogP contribution in [0.15, 0.2) is 48.5 Å². The normalized spacial score (nSPS) is 11.4. The molecule has 2 aromatic rings. The van der Waals surface area contributed by atoms with Gasteiger partial charge in [0.25, 0.3) is 5.91 Å². The fourth-order valence-electron chi connectivity index (χ4n) is 2.59. The van der Waals surface area contributed by atoms with Gasteiger partial charge in [0.1, 0.15) is 6.54 Å². The van der Waals surface area contributed by atoms with Crippen molar-refractivity contribution in [2.75, 3.05) is 20.7 Å². The molecule has 150 valence electrons. The van der Waals surface area contributed by atoms with E-state index >= 15 is 0 Å². The maximum Gasteiger partial charge on any atom is 0.405 e. The molecule has 8 heteroatoms. The van der Waals surface area contributed by atoms with Crippen molar-refractivity contribution in [3.05, 3.63) is 70.8 Å². The molecule has 28 heavy (non-hydrogen) atoms. The minimum atomic E-state index is -4.44. The zero-order valence-electron chi connectivity index (χ0n) is 15.5. The fraction of sp³-hybridized carbons (Fsp3) is 0.300. The van der Waals surface area contributed by atoms with Crippen LogP contribution in [0.2, 0.25) is 0 Å². The van der Waals surface area contributed by atoms with Gasteiger partial charge in [0, 0.05) is 18.7 Å². The largest absolute Gasteiger partial charge is 0.465 e. The zero-order valence-corrected chi connectivity index (χ0v) is 15.5. The summed E-state index contributed by atoms with van der Waals surface area (Å²) in [6.07, 6.45) is -4.44. The summed E-state index contributed by atoms with van der Waals surface area (Å²) < 4.78 is 41.1. The molecule has 0 atom stereocenters. The lowest BCUT2D eigenvalue weighted by Gasteiger charge is -2.17. The van der Waals surface area contributed by atoms with Gasteiger partial charge in [0.05, 0.1) is 12.7 Å². The third-order valence-electron chi connectivity index (χ3n) is 3.95. The Balaban J connectivity index is 1.89. The smallest absolute Gasteiger partial charge is 0.405 e. The summed E-state index contributed by atoms with van der Waals surface area (Å²) in [5.41, 5.74) is 2.58. The van der Waals surface area contributed by atoms with Crippen LogP contribution < -0.4 is 5.32 Å². The monoisotopic (exact) mass is 394 g/mol. The number of rotatable bonds is 7. The average molecular weight is 394 g/mol. The first-order valence-corrected chi connectivity index (χ1v) is 8.47. The maximum atomic E-state index is 12.2. The van der Waals surface area contributed by atoms with Crippen LogP contribution in [0.4, 0.5) is 13.2 Å². The van der Waals surface area contributed by atoms with Gasteiger partial charge < -0.3 is 10.1 Å². The van der Waals surface area contributed by atoms with Gasteiger partial charge in [-0.25, -0.2) is 4.79 Å². The lowest BCUT2D eigenvalue weighted by molar-refractivity contribution is -0.123. The topological polar surface area (TPSA) is 58.6 Å². The van der Waals surface area contributed by atoms with E-state index in [2.05, 4.69) is 4.74 Å². The summed E-state index contributed by atoms with van der Waals surface area (Å²) in [4.78, 5) is 25.2. The first-order valence-electron chi connectivity index (χ1n) is 8.47. The Morgan fingerprint density at radius 3 is 1.82 bits per heavy atom. The van der Waals surface area contributed by atoms with Crippen molar-refractivity contribution in [1.29, 1.82) is 0 Å². The molecule has 0 aliphatic carbocycles. The highest BCUT2D eigenvalue weighted by molar-refractivity contribution is 5.94.